The maximum absolute atomic E-state index is 11.2. The van der Waals surface area contributed by atoms with Gasteiger partial charge in [0.1, 0.15) is 0 Å². The van der Waals surface area contributed by atoms with Gasteiger partial charge in [-0.3, -0.25) is 0 Å². The topological polar surface area (TPSA) is 109 Å². The second-order valence-electron chi connectivity index (χ2n) is 6.74. The smallest absolute Gasteiger partial charge is 0.160 e. The molecular formula is C20H24O7. The predicted molar refractivity (Wildman–Crippen MR) is 97.2 cm³/mol. The Bertz CT molecular complexity index is 807. The lowest BCUT2D eigenvalue weighted by Crippen LogP contribution is -2.41. The molecule has 0 saturated carbocycles. The molecule has 0 amide bonds. The second-order valence-corrected chi connectivity index (χ2v) is 6.74. The lowest BCUT2D eigenvalue weighted by Gasteiger charge is -2.29. The van der Waals surface area contributed by atoms with E-state index in [-0.39, 0.29) is 31.1 Å². The molecular weight excluding hydrogens is 352 g/mol. The fourth-order valence-electron chi connectivity index (χ4n) is 3.57. The Morgan fingerprint density at radius 1 is 1.04 bits per heavy atom. The number of phenolic OH excluding ortho intramolecular Hbond substituents is 2. The van der Waals surface area contributed by atoms with E-state index < -0.39 is 17.6 Å². The molecule has 0 radical (unpaired) electrons. The van der Waals surface area contributed by atoms with Gasteiger partial charge in [-0.05, 0) is 35.4 Å². The van der Waals surface area contributed by atoms with Gasteiger partial charge in [-0.25, -0.2) is 0 Å². The van der Waals surface area contributed by atoms with Crippen LogP contribution in [0.1, 0.15) is 17.2 Å². The number of ether oxygens (including phenoxy) is 3. The van der Waals surface area contributed by atoms with E-state index in [0.717, 1.165) is 5.56 Å². The number of aliphatic hydroxyl groups excluding tert-OH is 1. The zero-order valence-corrected chi connectivity index (χ0v) is 15.3. The summed E-state index contributed by atoms with van der Waals surface area (Å²) in [5.41, 5.74) is 0.146. The molecule has 1 saturated heterocycles. The van der Waals surface area contributed by atoms with Crippen LogP contribution in [0.15, 0.2) is 36.4 Å². The summed E-state index contributed by atoms with van der Waals surface area (Å²) in [6.45, 7) is -0.241. The number of benzene rings is 2. The first-order valence-electron chi connectivity index (χ1n) is 8.59. The van der Waals surface area contributed by atoms with E-state index in [4.69, 9.17) is 14.2 Å². The molecule has 0 aliphatic carbocycles. The molecule has 0 unspecified atom stereocenters. The minimum Gasteiger partial charge on any atom is -0.504 e. The molecule has 4 N–H and O–H groups in total. The van der Waals surface area contributed by atoms with E-state index >= 15 is 0 Å². The average Bonchev–Trinajstić information content (AvgIpc) is 2.99. The normalized spacial score (nSPS) is 24.7. The van der Waals surface area contributed by atoms with Gasteiger partial charge in [0.25, 0.3) is 0 Å². The van der Waals surface area contributed by atoms with Crippen molar-refractivity contribution >= 4 is 0 Å². The minimum absolute atomic E-state index is 0.00578. The summed E-state index contributed by atoms with van der Waals surface area (Å²) in [4.78, 5) is 0. The highest BCUT2D eigenvalue weighted by Crippen LogP contribution is 2.44. The molecule has 1 aliphatic heterocycles. The number of aliphatic hydroxyl groups is 2. The number of rotatable bonds is 6. The molecule has 3 rings (SSSR count). The fourth-order valence-corrected chi connectivity index (χ4v) is 3.57. The Morgan fingerprint density at radius 2 is 1.67 bits per heavy atom. The molecule has 146 valence electrons. The Hall–Kier alpha value is -2.48. The van der Waals surface area contributed by atoms with Crippen LogP contribution in [0.5, 0.6) is 23.0 Å². The Balaban J connectivity index is 1.87. The molecule has 0 bridgehead atoms. The Morgan fingerprint density at radius 3 is 2.30 bits per heavy atom. The number of hydrogen-bond acceptors (Lipinski definition) is 7. The largest absolute Gasteiger partial charge is 0.504 e. The maximum Gasteiger partial charge on any atom is 0.160 e. The first-order chi connectivity index (χ1) is 12.9. The van der Waals surface area contributed by atoms with Crippen LogP contribution in [0, 0.1) is 5.92 Å². The minimum atomic E-state index is -1.30. The number of phenols is 2. The van der Waals surface area contributed by atoms with Crippen LogP contribution in [-0.4, -0.2) is 53.5 Å². The number of aromatic hydroxyl groups is 2. The zero-order chi connectivity index (χ0) is 19.6. The monoisotopic (exact) mass is 376 g/mol. The highest BCUT2D eigenvalue weighted by molar-refractivity contribution is 5.44. The molecule has 7 nitrogen and oxygen atoms in total. The SMILES string of the molecule is COc1cc(C[C@@]2(O)CO[C@H](c3ccc(O)c(OC)c3)[C@H]2CO)ccc1O. The standard InChI is InChI=1S/C20H24O7/c1-25-17-7-12(3-5-15(17)22)9-20(24)11-27-19(14(20)10-21)13-4-6-16(23)18(8-13)26-2/h3-8,14,19,21-24H,9-11H2,1-2H3/t14-,19-,20-/m1/s1. The first-order valence-corrected chi connectivity index (χ1v) is 8.59. The van der Waals surface area contributed by atoms with Crippen molar-refractivity contribution < 1.29 is 34.6 Å². The predicted octanol–water partition coefficient (Wildman–Crippen LogP) is 1.77. The summed E-state index contributed by atoms with van der Waals surface area (Å²) in [7, 11) is 2.91. The van der Waals surface area contributed by atoms with E-state index in [1.165, 1.54) is 26.4 Å². The lowest BCUT2D eigenvalue weighted by molar-refractivity contribution is -0.0150. The Kier molecular flexibility index (Phi) is 5.46. The Labute approximate surface area is 157 Å². The molecule has 1 aliphatic rings. The second kappa shape index (κ2) is 7.64. The lowest BCUT2D eigenvalue weighted by atomic mass is 9.80. The van der Waals surface area contributed by atoms with Crippen molar-refractivity contribution in [1.29, 1.82) is 0 Å². The zero-order valence-electron chi connectivity index (χ0n) is 15.3. The van der Waals surface area contributed by atoms with Crippen LogP contribution in [0.4, 0.5) is 0 Å². The number of methoxy groups -OCH3 is 2. The van der Waals surface area contributed by atoms with E-state index in [2.05, 4.69) is 0 Å². The highest BCUT2D eigenvalue weighted by atomic mass is 16.5. The molecule has 2 aromatic rings. The van der Waals surface area contributed by atoms with Crippen molar-refractivity contribution in [2.45, 2.75) is 18.1 Å². The van der Waals surface area contributed by atoms with Gasteiger partial charge < -0.3 is 34.6 Å². The average molecular weight is 376 g/mol. The van der Waals surface area contributed by atoms with Gasteiger partial charge in [0, 0.05) is 12.3 Å². The third-order valence-electron chi connectivity index (χ3n) is 5.05. The van der Waals surface area contributed by atoms with Crippen LogP contribution >= 0.6 is 0 Å². The van der Waals surface area contributed by atoms with Gasteiger partial charge in [-0.15, -0.1) is 0 Å². The molecule has 1 heterocycles. The molecule has 1 fully saturated rings. The van der Waals surface area contributed by atoms with E-state index in [9.17, 15) is 20.4 Å². The van der Waals surface area contributed by atoms with Gasteiger partial charge in [-0.2, -0.15) is 0 Å². The van der Waals surface area contributed by atoms with E-state index in [0.29, 0.717) is 17.1 Å². The van der Waals surface area contributed by atoms with Crippen molar-refractivity contribution in [2.24, 2.45) is 5.92 Å². The number of hydrogen-bond donors (Lipinski definition) is 4. The summed E-state index contributed by atoms with van der Waals surface area (Å²) in [5.74, 6) is 0.0587. The molecule has 7 heteroatoms. The molecule has 2 aromatic carbocycles. The van der Waals surface area contributed by atoms with Crippen molar-refractivity contribution in [3.05, 3.63) is 47.5 Å². The molecule has 27 heavy (non-hydrogen) atoms. The quantitative estimate of drug-likeness (QED) is 0.608. The highest BCUT2D eigenvalue weighted by Gasteiger charge is 2.49. The van der Waals surface area contributed by atoms with Gasteiger partial charge in [0.05, 0.1) is 39.1 Å². The summed E-state index contributed by atoms with van der Waals surface area (Å²) in [5, 5.41) is 40.6. The summed E-state index contributed by atoms with van der Waals surface area (Å²) < 4.78 is 16.1. The van der Waals surface area contributed by atoms with E-state index in [1.54, 1.807) is 24.3 Å². The third-order valence-corrected chi connectivity index (χ3v) is 5.05. The van der Waals surface area contributed by atoms with Gasteiger partial charge in [0.2, 0.25) is 0 Å². The fraction of sp³-hybridized carbons (Fsp3) is 0.400. The van der Waals surface area contributed by atoms with Crippen LogP contribution < -0.4 is 9.47 Å². The molecule has 0 aromatic heterocycles. The molecule has 0 spiro atoms. The van der Waals surface area contributed by atoms with Crippen LogP contribution in [0.3, 0.4) is 0 Å². The van der Waals surface area contributed by atoms with Crippen molar-refractivity contribution in [3.63, 3.8) is 0 Å². The van der Waals surface area contributed by atoms with Gasteiger partial charge in [-0.1, -0.05) is 12.1 Å². The third kappa shape index (κ3) is 3.66. The summed E-state index contributed by atoms with van der Waals surface area (Å²) in [6, 6.07) is 9.66. The maximum atomic E-state index is 11.2. The molecule has 3 atom stereocenters. The first kappa shape index (κ1) is 19.3. The van der Waals surface area contributed by atoms with Crippen LogP contribution in [-0.2, 0) is 11.2 Å². The van der Waals surface area contributed by atoms with Crippen molar-refractivity contribution in [1.82, 2.24) is 0 Å². The van der Waals surface area contributed by atoms with E-state index in [1.807, 2.05) is 0 Å². The van der Waals surface area contributed by atoms with Crippen molar-refractivity contribution in [3.8, 4) is 23.0 Å². The van der Waals surface area contributed by atoms with Crippen LogP contribution in [0.25, 0.3) is 0 Å². The van der Waals surface area contributed by atoms with Gasteiger partial charge >= 0.3 is 0 Å². The summed E-state index contributed by atoms with van der Waals surface area (Å²) in [6.07, 6.45) is -0.325. The summed E-state index contributed by atoms with van der Waals surface area (Å²) >= 11 is 0. The van der Waals surface area contributed by atoms with Crippen LogP contribution in [0.2, 0.25) is 0 Å². The van der Waals surface area contributed by atoms with Crippen molar-refractivity contribution in [2.75, 3.05) is 27.4 Å². The van der Waals surface area contributed by atoms with Gasteiger partial charge in [0.15, 0.2) is 23.0 Å².